The van der Waals surface area contributed by atoms with Crippen molar-refractivity contribution < 1.29 is 59.3 Å². The lowest BCUT2D eigenvalue weighted by atomic mass is 9.93. The van der Waals surface area contributed by atoms with Crippen LogP contribution in [-0.2, 0) is 22.3 Å². The maximum atomic E-state index is 13.0. The van der Waals surface area contributed by atoms with Crippen molar-refractivity contribution in [2.45, 2.75) is 44.3 Å². The second-order valence-corrected chi connectivity index (χ2v) is 8.03. The first-order valence-electron chi connectivity index (χ1n) is 10.4. The molecule has 1 aliphatic rings. The summed E-state index contributed by atoms with van der Waals surface area (Å²) in [7, 11) is 4.04. The van der Waals surface area contributed by atoms with E-state index in [2.05, 4.69) is 11.9 Å². The number of carboxylic acids is 2. The first kappa shape index (κ1) is 33.4. The molecule has 0 aliphatic carbocycles. The number of benzene rings is 1. The molecule has 0 saturated carbocycles. The Morgan fingerprint density at radius 1 is 0.917 bits per heavy atom. The molecular formula is C21H27F9N2O4. The van der Waals surface area contributed by atoms with E-state index in [1.165, 1.54) is 25.0 Å². The van der Waals surface area contributed by atoms with E-state index in [0.717, 1.165) is 26.1 Å². The molecule has 1 heterocycles. The van der Waals surface area contributed by atoms with Crippen LogP contribution in [0.15, 0.2) is 24.3 Å². The van der Waals surface area contributed by atoms with Crippen molar-refractivity contribution in [2.75, 3.05) is 33.7 Å². The monoisotopic (exact) mass is 542 g/mol. The van der Waals surface area contributed by atoms with Crippen LogP contribution < -0.4 is 0 Å². The van der Waals surface area contributed by atoms with Gasteiger partial charge in [0.15, 0.2) is 0 Å². The van der Waals surface area contributed by atoms with Crippen molar-refractivity contribution in [3.63, 3.8) is 0 Å². The van der Waals surface area contributed by atoms with Crippen molar-refractivity contribution in [2.24, 2.45) is 5.92 Å². The maximum Gasteiger partial charge on any atom is 0.490 e. The summed E-state index contributed by atoms with van der Waals surface area (Å²) in [5, 5.41) is 14.2. The SMILES string of the molecule is CN1CCC(CCN(C)Cc2ccccc2C(F)(F)F)CC1.O=C(O)C(F)(F)F.O=C(O)C(F)(F)F. The Kier molecular flexibility index (Phi) is 13.2. The normalized spacial score (nSPS) is 15.4. The van der Waals surface area contributed by atoms with E-state index in [4.69, 9.17) is 19.8 Å². The molecule has 0 aromatic heterocycles. The summed E-state index contributed by atoms with van der Waals surface area (Å²) in [5.74, 6) is -4.81. The van der Waals surface area contributed by atoms with Gasteiger partial charge in [0.25, 0.3) is 0 Å². The van der Waals surface area contributed by atoms with Crippen molar-refractivity contribution in [1.29, 1.82) is 0 Å². The molecule has 0 atom stereocenters. The van der Waals surface area contributed by atoms with Gasteiger partial charge in [0.1, 0.15) is 0 Å². The number of alkyl halides is 9. The highest BCUT2D eigenvalue weighted by Gasteiger charge is 2.39. The molecule has 2 rings (SSSR count). The first-order chi connectivity index (χ1) is 16.2. The van der Waals surface area contributed by atoms with Crippen molar-refractivity contribution in [3.8, 4) is 0 Å². The molecule has 36 heavy (non-hydrogen) atoms. The van der Waals surface area contributed by atoms with Crippen LogP contribution in [0.4, 0.5) is 39.5 Å². The topological polar surface area (TPSA) is 81.1 Å². The minimum Gasteiger partial charge on any atom is -0.475 e. The summed E-state index contributed by atoms with van der Waals surface area (Å²) in [6, 6.07) is 5.87. The van der Waals surface area contributed by atoms with Gasteiger partial charge in [-0.1, -0.05) is 18.2 Å². The summed E-state index contributed by atoms with van der Waals surface area (Å²) < 4.78 is 102. The van der Waals surface area contributed by atoms with Crippen LogP contribution in [-0.4, -0.2) is 78.0 Å². The molecule has 1 fully saturated rings. The average molecular weight is 542 g/mol. The quantitative estimate of drug-likeness (QED) is 0.502. The predicted molar refractivity (Wildman–Crippen MR) is 110 cm³/mol. The van der Waals surface area contributed by atoms with E-state index in [0.29, 0.717) is 18.0 Å². The fourth-order valence-corrected chi connectivity index (χ4v) is 3.06. The highest BCUT2D eigenvalue weighted by Crippen LogP contribution is 2.32. The van der Waals surface area contributed by atoms with Gasteiger partial charge in [-0.25, -0.2) is 9.59 Å². The van der Waals surface area contributed by atoms with Crippen LogP contribution in [0.3, 0.4) is 0 Å². The zero-order valence-electron chi connectivity index (χ0n) is 19.3. The van der Waals surface area contributed by atoms with E-state index >= 15 is 0 Å². The van der Waals surface area contributed by atoms with Crippen LogP contribution in [0, 0.1) is 5.92 Å². The summed E-state index contributed by atoms with van der Waals surface area (Å²) in [6.07, 6.45) is -11.0. The second-order valence-electron chi connectivity index (χ2n) is 8.03. The molecule has 15 heteroatoms. The summed E-state index contributed by atoms with van der Waals surface area (Å²) in [4.78, 5) is 22.1. The Labute approximate surface area is 201 Å². The zero-order chi connectivity index (χ0) is 28.3. The van der Waals surface area contributed by atoms with E-state index in [-0.39, 0.29) is 0 Å². The minimum absolute atomic E-state index is 0.350. The third-order valence-corrected chi connectivity index (χ3v) is 5.01. The number of aliphatic carboxylic acids is 2. The number of carbonyl (C=O) groups is 2. The Hall–Kier alpha value is -2.55. The Balaban J connectivity index is 0.000000720. The molecule has 2 N–H and O–H groups in total. The van der Waals surface area contributed by atoms with Crippen LogP contribution in [0.25, 0.3) is 0 Å². The smallest absolute Gasteiger partial charge is 0.475 e. The third-order valence-electron chi connectivity index (χ3n) is 5.01. The van der Waals surface area contributed by atoms with Crippen molar-refractivity contribution >= 4 is 11.9 Å². The molecule has 1 saturated heterocycles. The number of hydrogen-bond donors (Lipinski definition) is 2. The fourth-order valence-electron chi connectivity index (χ4n) is 3.06. The molecule has 1 aromatic carbocycles. The summed E-state index contributed by atoms with van der Waals surface area (Å²) in [5.41, 5.74) is -0.151. The van der Waals surface area contributed by atoms with Gasteiger partial charge in [0, 0.05) is 6.54 Å². The number of hydrogen-bond acceptors (Lipinski definition) is 4. The van der Waals surface area contributed by atoms with Gasteiger partial charge < -0.3 is 20.0 Å². The fraction of sp³-hybridized carbons (Fsp3) is 0.619. The molecule has 0 unspecified atom stereocenters. The van der Waals surface area contributed by atoms with Crippen LogP contribution >= 0.6 is 0 Å². The van der Waals surface area contributed by atoms with E-state index in [1.54, 1.807) is 12.1 Å². The summed E-state index contributed by atoms with van der Waals surface area (Å²) in [6.45, 7) is 3.46. The lowest BCUT2D eigenvalue weighted by Gasteiger charge is -2.30. The molecule has 0 bridgehead atoms. The lowest BCUT2D eigenvalue weighted by Crippen LogP contribution is -2.32. The lowest BCUT2D eigenvalue weighted by molar-refractivity contribution is -0.193. The van der Waals surface area contributed by atoms with Gasteiger partial charge in [-0.2, -0.15) is 39.5 Å². The van der Waals surface area contributed by atoms with Crippen LogP contribution in [0.2, 0.25) is 0 Å². The molecular weight excluding hydrogens is 515 g/mol. The Morgan fingerprint density at radius 3 is 1.72 bits per heavy atom. The Morgan fingerprint density at radius 2 is 1.33 bits per heavy atom. The Bertz CT molecular complexity index is 795. The molecule has 1 aliphatic heterocycles. The predicted octanol–water partition coefficient (Wildman–Crippen LogP) is 5.14. The van der Waals surface area contributed by atoms with Crippen molar-refractivity contribution in [1.82, 2.24) is 9.80 Å². The van der Waals surface area contributed by atoms with E-state index < -0.39 is 36.0 Å². The number of nitrogens with zero attached hydrogens (tertiary/aromatic N) is 2. The zero-order valence-corrected chi connectivity index (χ0v) is 19.3. The third kappa shape index (κ3) is 14.1. The number of rotatable bonds is 5. The standard InChI is InChI=1S/C17H25F3N2.2C2HF3O2/c1-21-10-7-14(8-11-21)9-12-22(2)13-15-5-3-4-6-16(15)17(18,19)20;2*3-2(4,5)1(6)7/h3-6,14H,7-13H2,1-2H3;2*(H,6,7). The molecule has 6 nitrogen and oxygen atoms in total. The van der Waals surface area contributed by atoms with E-state index in [9.17, 15) is 39.5 Å². The van der Waals surface area contributed by atoms with Gasteiger partial charge >= 0.3 is 30.5 Å². The van der Waals surface area contributed by atoms with Gasteiger partial charge in [0.2, 0.25) is 0 Å². The number of piperidine rings is 1. The van der Waals surface area contributed by atoms with Crippen LogP contribution in [0.5, 0.6) is 0 Å². The van der Waals surface area contributed by atoms with Gasteiger partial charge in [-0.05, 0) is 70.5 Å². The maximum absolute atomic E-state index is 13.0. The van der Waals surface area contributed by atoms with Crippen molar-refractivity contribution in [3.05, 3.63) is 35.4 Å². The van der Waals surface area contributed by atoms with Gasteiger partial charge in [-0.3, -0.25) is 0 Å². The number of carboxylic acid groups (broad SMARTS) is 2. The molecule has 0 amide bonds. The number of halogens is 9. The van der Waals surface area contributed by atoms with Gasteiger partial charge in [0.05, 0.1) is 5.56 Å². The second kappa shape index (κ2) is 14.3. The highest BCUT2D eigenvalue weighted by molar-refractivity contribution is 5.73. The molecule has 0 spiro atoms. The van der Waals surface area contributed by atoms with Gasteiger partial charge in [-0.15, -0.1) is 0 Å². The van der Waals surface area contributed by atoms with Crippen LogP contribution in [0.1, 0.15) is 30.4 Å². The molecule has 0 radical (unpaired) electrons. The summed E-state index contributed by atoms with van der Waals surface area (Å²) >= 11 is 0. The molecule has 1 aromatic rings. The van der Waals surface area contributed by atoms with E-state index in [1.807, 2.05) is 11.9 Å². The minimum atomic E-state index is -5.08. The highest BCUT2D eigenvalue weighted by atomic mass is 19.4. The average Bonchev–Trinajstić information content (AvgIpc) is 2.72. The largest absolute Gasteiger partial charge is 0.490 e. The number of likely N-dealkylation sites (tertiary alicyclic amines) is 1. The first-order valence-corrected chi connectivity index (χ1v) is 10.4. The molecule has 208 valence electrons.